The number of hydrogen-bond acceptors (Lipinski definition) is 6. The molecule has 3 aromatic rings. The lowest BCUT2D eigenvalue weighted by molar-refractivity contribution is 0.0605. The van der Waals surface area contributed by atoms with Crippen LogP contribution in [0.3, 0.4) is 0 Å². The Bertz CT molecular complexity index is 1110. The molecule has 3 rings (SSSR count). The van der Waals surface area contributed by atoms with Crippen LogP contribution in [-0.2, 0) is 4.74 Å². The van der Waals surface area contributed by atoms with Crippen LogP contribution in [0.15, 0.2) is 29.1 Å². The number of H-pyrrole nitrogens is 1. The van der Waals surface area contributed by atoms with E-state index in [1.807, 2.05) is 38.1 Å². The summed E-state index contributed by atoms with van der Waals surface area (Å²) in [5.74, 6) is 0.506. The van der Waals surface area contributed by atoms with Gasteiger partial charge in [-0.15, -0.1) is 11.3 Å². The predicted molar refractivity (Wildman–Crippen MR) is 112 cm³/mol. The number of nitrogens with one attached hydrogen (secondary N) is 1. The van der Waals surface area contributed by atoms with E-state index in [-0.39, 0.29) is 22.5 Å². The van der Waals surface area contributed by atoms with E-state index in [1.54, 1.807) is 13.0 Å². The average molecular weight is 419 g/mol. The molecule has 0 fully saturated rings. The summed E-state index contributed by atoms with van der Waals surface area (Å²) in [7, 11) is 1.30. The van der Waals surface area contributed by atoms with Crippen LogP contribution in [0.4, 0.5) is 0 Å². The van der Waals surface area contributed by atoms with Crippen molar-refractivity contribution in [2.45, 2.75) is 26.9 Å². The molecule has 2 aromatic heterocycles. The molecule has 0 unspecified atom stereocenters. The fraction of sp³-hybridized carbons (Fsp3) is 0.250. The number of ether oxygens (including phenoxy) is 2. The molecule has 0 aliphatic rings. The smallest absolute Gasteiger partial charge is 0.348 e. The van der Waals surface area contributed by atoms with Gasteiger partial charge in [-0.05, 0) is 50.1 Å². The number of fused-ring (bicyclic) bond motifs is 1. The minimum atomic E-state index is -0.494. The number of methoxy groups -OCH3 is 1. The Labute approximate surface area is 170 Å². The van der Waals surface area contributed by atoms with Crippen LogP contribution >= 0.6 is 22.9 Å². The largest absolute Gasteiger partial charge is 0.491 e. The van der Waals surface area contributed by atoms with Gasteiger partial charge in [-0.2, -0.15) is 0 Å². The molecule has 28 heavy (non-hydrogen) atoms. The van der Waals surface area contributed by atoms with E-state index >= 15 is 0 Å². The third kappa shape index (κ3) is 4.10. The third-order valence-corrected chi connectivity index (χ3v) is 5.40. The van der Waals surface area contributed by atoms with Gasteiger partial charge in [-0.25, -0.2) is 9.78 Å². The maximum Gasteiger partial charge on any atom is 0.348 e. The number of thiophene rings is 1. The Morgan fingerprint density at radius 1 is 1.29 bits per heavy atom. The number of aromatic nitrogens is 2. The highest BCUT2D eigenvalue weighted by Crippen LogP contribution is 2.29. The van der Waals surface area contributed by atoms with Crippen LogP contribution < -0.4 is 10.3 Å². The van der Waals surface area contributed by atoms with Gasteiger partial charge >= 0.3 is 5.97 Å². The molecular formula is C20H19ClN2O4S. The molecule has 0 atom stereocenters. The number of carbonyl (C=O) groups excluding carboxylic acids is 1. The van der Waals surface area contributed by atoms with Gasteiger partial charge in [0.2, 0.25) is 0 Å². The first-order valence-corrected chi connectivity index (χ1v) is 9.75. The summed E-state index contributed by atoms with van der Waals surface area (Å²) < 4.78 is 10.4. The summed E-state index contributed by atoms with van der Waals surface area (Å²) in [6.45, 7) is 5.61. The normalized spacial score (nSPS) is 11.9. The van der Waals surface area contributed by atoms with Crippen LogP contribution in [0.25, 0.3) is 21.3 Å². The Morgan fingerprint density at radius 2 is 1.96 bits per heavy atom. The van der Waals surface area contributed by atoms with Gasteiger partial charge < -0.3 is 14.5 Å². The summed E-state index contributed by atoms with van der Waals surface area (Å²) >= 11 is 7.49. The number of hydrogen-bond donors (Lipinski definition) is 1. The number of esters is 1. The van der Waals surface area contributed by atoms with Crippen molar-refractivity contribution in [1.82, 2.24) is 9.97 Å². The van der Waals surface area contributed by atoms with E-state index in [4.69, 9.17) is 21.1 Å². The molecular weight excluding hydrogens is 400 g/mol. The zero-order chi connectivity index (χ0) is 20.4. The second-order valence-corrected chi connectivity index (χ2v) is 7.78. The lowest BCUT2D eigenvalue weighted by Gasteiger charge is -2.09. The molecule has 6 nitrogen and oxygen atoms in total. The fourth-order valence-corrected chi connectivity index (χ4v) is 3.99. The summed E-state index contributed by atoms with van der Waals surface area (Å²) in [4.78, 5) is 32.3. The number of rotatable bonds is 5. The predicted octanol–water partition coefficient (Wildman–Crippen LogP) is 4.60. The van der Waals surface area contributed by atoms with Gasteiger partial charge in [0.25, 0.3) is 5.56 Å². The lowest BCUT2D eigenvalue weighted by atomic mass is 10.2. The molecule has 0 aliphatic heterocycles. The maximum absolute atomic E-state index is 12.5. The minimum Gasteiger partial charge on any atom is -0.491 e. The molecule has 2 heterocycles. The summed E-state index contributed by atoms with van der Waals surface area (Å²) in [6.07, 6.45) is 1.79. The summed E-state index contributed by atoms with van der Waals surface area (Å²) in [5.41, 5.74) is 1.03. The van der Waals surface area contributed by atoms with E-state index in [1.165, 1.54) is 7.11 Å². The highest BCUT2D eigenvalue weighted by molar-refractivity contribution is 7.20. The van der Waals surface area contributed by atoms with Crippen LogP contribution in [0.2, 0.25) is 0 Å². The fourth-order valence-electron chi connectivity index (χ4n) is 2.67. The zero-order valence-corrected chi connectivity index (χ0v) is 17.4. The van der Waals surface area contributed by atoms with E-state index in [0.717, 1.165) is 22.6 Å². The number of aryl methyl sites for hydroxylation is 1. The van der Waals surface area contributed by atoms with Gasteiger partial charge in [0.1, 0.15) is 15.5 Å². The van der Waals surface area contributed by atoms with Crippen molar-refractivity contribution >= 4 is 50.2 Å². The second-order valence-electron chi connectivity index (χ2n) is 6.37. The molecule has 0 aliphatic carbocycles. The van der Waals surface area contributed by atoms with Crippen LogP contribution in [-0.4, -0.2) is 29.2 Å². The first-order chi connectivity index (χ1) is 13.3. The van der Waals surface area contributed by atoms with Crippen molar-refractivity contribution in [2.24, 2.45) is 0 Å². The summed E-state index contributed by atoms with van der Waals surface area (Å²) in [5, 5.41) is 0.649. The van der Waals surface area contributed by atoms with E-state index in [2.05, 4.69) is 9.97 Å². The molecule has 1 N–H and O–H groups in total. The second kappa shape index (κ2) is 8.16. The maximum atomic E-state index is 12.5. The Morgan fingerprint density at radius 3 is 2.57 bits per heavy atom. The SMILES string of the molecule is COC(=O)c1sc2nc(/C(Cl)=C/c3ccc(OC(C)C)cc3)[nH]c(=O)c2c1C. The Balaban J connectivity index is 1.97. The van der Waals surface area contributed by atoms with Gasteiger partial charge in [0.05, 0.1) is 23.6 Å². The molecule has 8 heteroatoms. The number of carbonyl (C=O) groups is 1. The molecule has 146 valence electrons. The molecule has 0 saturated carbocycles. The number of halogens is 1. The lowest BCUT2D eigenvalue weighted by Crippen LogP contribution is -2.10. The van der Waals surface area contributed by atoms with E-state index in [0.29, 0.717) is 20.7 Å². The van der Waals surface area contributed by atoms with Crippen molar-refractivity contribution < 1.29 is 14.3 Å². The van der Waals surface area contributed by atoms with Crippen LogP contribution in [0.1, 0.15) is 40.5 Å². The van der Waals surface area contributed by atoms with Gasteiger partial charge in [0, 0.05) is 0 Å². The van der Waals surface area contributed by atoms with Crippen molar-refractivity contribution in [2.75, 3.05) is 7.11 Å². The molecule has 0 saturated heterocycles. The molecule has 0 bridgehead atoms. The topological polar surface area (TPSA) is 81.3 Å². The summed E-state index contributed by atoms with van der Waals surface area (Å²) in [6, 6.07) is 7.42. The Hall–Kier alpha value is -2.64. The Kier molecular flexibility index (Phi) is 5.86. The first kappa shape index (κ1) is 20.1. The molecule has 0 amide bonds. The zero-order valence-electron chi connectivity index (χ0n) is 15.8. The van der Waals surface area contributed by atoms with E-state index in [9.17, 15) is 9.59 Å². The quantitative estimate of drug-likeness (QED) is 0.612. The highest BCUT2D eigenvalue weighted by Gasteiger charge is 2.20. The molecule has 0 spiro atoms. The minimum absolute atomic E-state index is 0.0927. The van der Waals surface area contributed by atoms with Crippen molar-refractivity contribution in [3.8, 4) is 5.75 Å². The standard InChI is InChI=1S/C20H19ClN2O4S/c1-10(2)27-13-7-5-12(6-8-13)9-14(21)17-22-18(24)15-11(3)16(20(25)26-4)28-19(15)23-17/h5-10H,1-4H3,(H,22,23,24)/b14-9-. The highest BCUT2D eigenvalue weighted by atomic mass is 35.5. The van der Waals surface area contributed by atoms with Crippen LogP contribution in [0.5, 0.6) is 5.75 Å². The van der Waals surface area contributed by atoms with Gasteiger partial charge in [0.15, 0.2) is 5.82 Å². The number of aromatic amines is 1. The van der Waals surface area contributed by atoms with Gasteiger partial charge in [-0.3, -0.25) is 4.79 Å². The number of nitrogens with zero attached hydrogens (tertiary/aromatic N) is 1. The van der Waals surface area contributed by atoms with Crippen LogP contribution in [0, 0.1) is 6.92 Å². The monoisotopic (exact) mass is 418 g/mol. The van der Waals surface area contributed by atoms with E-state index < -0.39 is 5.97 Å². The van der Waals surface area contributed by atoms with Crippen molar-refractivity contribution in [3.05, 3.63) is 56.4 Å². The third-order valence-electron chi connectivity index (χ3n) is 3.94. The average Bonchev–Trinajstić information content (AvgIpc) is 2.99. The molecule has 0 radical (unpaired) electrons. The number of benzene rings is 1. The first-order valence-electron chi connectivity index (χ1n) is 8.56. The molecule has 1 aromatic carbocycles. The van der Waals surface area contributed by atoms with Crippen molar-refractivity contribution in [3.63, 3.8) is 0 Å². The van der Waals surface area contributed by atoms with Gasteiger partial charge in [-0.1, -0.05) is 23.7 Å². The van der Waals surface area contributed by atoms with Crippen molar-refractivity contribution in [1.29, 1.82) is 0 Å².